The number of rotatable bonds is 1. The Hall–Kier alpha value is -0.140. The van der Waals surface area contributed by atoms with Gasteiger partial charge in [0, 0.05) is 32.6 Å². The summed E-state index contributed by atoms with van der Waals surface area (Å²) in [4.78, 5) is 13.1. The van der Waals surface area contributed by atoms with Gasteiger partial charge in [-0.2, -0.15) is 0 Å². The largest absolute Gasteiger partial charge is 0.340 e. The van der Waals surface area contributed by atoms with Crippen LogP contribution in [0.25, 0.3) is 0 Å². The minimum Gasteiger partial charge on any atom is -0.340 e. The topological polar surface area (TPSA) is 23.6 Å². The fraction of sp³-hybridized carbons (Fsp3) is 0.857. The second-order valence-corrected chi connectivity index (χ2v) is 3.50. The van der Waals surface area contributed by atoms with Crippen molar-refractivity contribution in [2.45, 2.75) is 13.3 Å². The maximum Gasteiger partial charge on any atom is 0.222 e. The van der Waals surface area contributed by atoms with E-state index in [9.17, 15) is 4.79 Å². The molecule has 11 heavy (non-hydrogen) atoms. The van der Waals surface area contributed by atoms with Gasteiger partial charge < -0.3 is 4.90 Å². The van der Waals surface area contributed by atoms with E-state index in [1.54, 1.807) is 0 Å². The van der Waals surface area contributed by atoms with Gasteiger partial charge in [-0.15, -0.1) is 0 Å². The highest BCUT2D eigenvalue weighted by Gasteiger charge is 2.16. The van der Waals surface area contributed by atoms with Gasteiger partial charge in [0.2, 0.25) is 5.91 Å². The molecule has 4 heteroatoms. The van der Waals surface area contributed by atoms with Crippen molar-refractivity contribution in [3.8, 4) is 0 Å². The van der Waals surface area contributed by atoms with E-state index < -0.39 is 0 Å². The molecule has 0 bridgehead atoms. The normalized spacial score (nSPS) is 20.4. The Kier molecular flexibility index (Phi) is 3.28. The fourth-order valence-electron chi connectivity index (χ4n) is 1.19. The van der Waals surface area contributed by atoms with E-state index in [0.29, 0.717) is 6.42 Å². The lowest BCUT2D eigenvalue weighted by Crippen LogP contribution is -2.44. The summed E-state index contributed by atoms with van der Waals surface area (Å²) in [6.07, 6.45) is 0.636. The zero-order chi connectivity index (χ0) is 8.27. The minimum absolute atomic E-state index is 0.281. The van der Waals surface area contributed by atoms with Crippen molar-refractivity contribution in [2.24, 2.45) is 0 Å². The number of amides is 1. The molecule has 0 aromatic rings. The van der Waals surface area contributed by atoms with E-state index in [0.717, 1.165) is 26.2 Å². The van der Waals surface area contributed by atoms with Gasteiger partial charge in [-0.25, -0.2) is 0 Å². The predicted octanol–water partition coefficient (Wildman–Crippen LogP) is 0.331. The first-order chi connectivity index (χ1) is 5.24. The number of hydrogen-bond donors (Lipinski definition) is 0. The summed E-state index contributed by atoms with van der Waals surface area (Å²) < 4.78 is 2.17. The molecule has 1 atom stereocenters. The molecule has 0 saturated carbocycles. The molecule has 0 aromatic heterocycles. The van der Waals surface area contributed by atoms with Gasteiger partial charge in [-0.05, 0) is 0 Å². The van der Waals surface area contributed by atoms with Crippen LogP contribution in [0, 0.1) is 0 Å². The molecule has 0 N–H and O–H groups in total. The first-order valence-corrected chi connectivity index (χ1v) is 4.53. The van der Waals surface area contributed by atoms with E-state index >= 15 is 0 Å². The van der Waals surface area contributed by atoms with E-state index in [-0.39, 0.29) is 5.91 Å². The quantitative estimate of drug-likeness (QED) is 0.535. The molecule has 1 saturated heterocycles. The lowest BCUT2D eigenvalue weighted by Gasteiger charge is -2.31. The Morgan fingerprint density at radius 2 is 1.91 bits per heavy atom. The van der Waals surface area contributed by atoms with Crippen LogP contribution in [0.1, 0.15) is 13.3 Å². The van der Waals surface area contributed by atoms with Crippen LogP contribution < -0.4 is 0 Å². The Bertz CT molecular complexity index is 143. The van der Waals surface area contributed by atoms with Gasteiger partial charge >= 0.3 is 0 Å². The molecule has 1 heterocycles. The highest BCUT2D eigenvalue weighted by Crippen LogP contribution is 2.06. The third-order valence-corrected chi connectivity index (χ3v) is 2.49. The smallest absolute Gasteiger partial charge is 0.222 e. The maximum atomic E-state index is 11.2. The van der Waals surface area contributed by atoms with Crippen LogP contribution in [0.5, 0.6) is 0 Å². The van der Waals surface area contributed by atoms with E-state index in [4.69, 9.17) is 0 Å². The summed E-state index contributed by atoms with van der Waals surface area (Å²) in [6.45, 7) is 5.65. The standard InChI is InChI=1S/C7H15N2OP/c1-2-7(10)8-3-5-9(11)6-4-8/h2-6,11H2,1H3. The van der Waals surface area contributed by atoms with Gasteiger partial charge in [-0.3, -0.25) is 9.46 Å². The third kappa shape index (κ3) is 2.42. The third-order valence-electron chi connectivity index (χ3n) is 1.97. The summed E-state index contributed by atoms with van der Waals surface area (Å²) >= 11 is 0. The Balaban J connectivity index is 2.33. The lowest BCUT2D eigenvalue weighted by atomic mass is 10.3. The monoisotopic (exact) mass is 174 g/mol. The van der Waals surface area contributed by atoms with Crippen LogP contribution >= 0.6 is 9.39 Å². The number of piperazine rings is 1. The van der Waals surface area contributed by atoms with Crippen LogP contribution in [0.3, 0.4) is 0 Å². The lowest BCUT2D eigenvalue weighted by molar-refractivity contribution is -0.131. The molecule has 0 aliphatic carbocycles. The first-order valence-electron chi connectivity index (χ1n) is 4.01. The molecule has 1 aliphatic rings. The Labute approximate surface area is 70.0 Å². The zero-order valence-electron chi connectivity index (χ0n) is 6.92. The van der Waals surface area contributed by atoms with Crippen molar-refractivity contribution >= 4 is 15.3 Å². The maximum absolute atomic E-state index is 11.2. The summed E-state index contributed by atoms with van der Waals surface area (Å²) in [7, 11) is 2.66. The van der Waals surface area contributed by atoms with Crippen molar-refractivity contribution < 1.29 is 4.79 Å². The summed E-state index contributed by atoms with van der Waals surface area (Å²) in [5.41, 5.74) is 0. The highest BCUT2D eigenvalue weighted by molar-refractivity contribution is 7.13. The summed E-state index contributed by atoms with van der Waals surface area (Å²) in [6, 6.07) is 0. The van der Waals surface area contributed by atoms with Gasteiger partial charge in [0.1, 0.15) is 0 Å². The summed E-state index contributed by atoms with van der Waals surface area (Å²) in [5.74, 6) is 0.281. The number of carbonyl (C=O) groups excluding carboxylic acids is 1. The van der Waals surface area contributed by atoms with Crippen molar-refractivity contribution in [3.63, 3.8) is 0 Å². The van der Waals surface area contributed by atoms with E-state index in [1.807, 2.05) is 11.8 Å². The van der Waals surface area contributed by atoms with Crippen molar-refractivity contribution in [3.05, 3.63) is 0 Å². The van der Waals surface area contributed by atoms with Gasteiger partial charge in [-0.1, -0.05) is 16.3 Å². The molecule has 1 amide bonds. The molecular weight excluding hydrogens is 159 g/mol. The second-order valence-electron chi connectivity index (χ2n) is 2.77. The van der Waals surface area contributed by atoms with Crippen molar-refractivity contribution in [1.82, 2.24) is 9.57 Å². The Morgan fingerprint density at radius 1 is 1.36 bits per heavy atom. The van der Waals surface area contributed by atoms with Crippen LogP contribution in [-0.4, -0.2) is 41.7 Å². The highest BCUT2D eigenvalue weighted by atomic mass is 31.0. The first kappa shape index (κ1) is 8.95. The van der Waals surface area contributed by atoms with Crippen molar-refractivity contribution in [2.75, 3.05) is 26.2 Å². The fourth-order valence-corrected chi connectivity index (χ4v) is 1.43. The molecule has 1 aliphatic heterocycles. The number of hydrogen-bond acceptors (Lipinski definition) is 2. The minimum atomic E-state index is 0.281. The molecule has 1 rings (SSSR count). The van der Waals surface area contributed by atoms with Crippen LogP contribution in [-0.2, 0) is 4.79 Å². The number of carbonyl (C=O) groups is 1. The predicted molar refractivity (Wildman–Crippen MR) is 48.2 cm³/mol. The second kappa shape index (κ2) is 4.03. The molecule has 1 unspecified atom stereocenters. The molecule has 3 nitrogen and oxygen atoms in total. The van der Waals surface area contributed by atoms with Crippen LogP contribution in [0.4, 0.5) is 0 Å². The molecule has 0 radical (unpaired) electrons. The number of nitrogens with zero attached hydrogens (tertiary/aromatic N) is 2. The molecule has 1 fully saturated rings. The average Bonchev–Trinajstić information content (AvgIpc) is 2.05. The zero-order valence-corrected chi connectivity index (χ0v) is 8.07. The van der Waals surface area contributed by atoms with Gasteiger partial charge in [0.25, 0.3) is 0 Å². The molecule has 0 spiro atoms. The average molecular weight is 174 g/mol. The summed E-state index contributed by atoms with van der Waals surface area (Å²) in [5, 5.41) is 0. The SMILES string of the molecule is CCC(=O)N1CCN(P)CC1. The van der Waals surface area contributed by atoms with Crippen LogP contribution in [0.15, 0.2) is 0 Å². The van der Waals surface area contributed by atoms with Gasteiger partial charge in [0.05, 0.1) is 0 Å². The molecule has 64 valence electrons. The molecule has 0 aromatic carbocycles. The molecular formula is C7H15N2OP. The Morgan fingerprint density at radius 3 is 2.36 bits per heavy atom. The van der Waals surface area contributed by atoms with E-state index in [1.165, 1.54) is 0 Å². The van der Waals surface area contributed by atoms with Gasteiger partial charge in [0.15, 0.2) is 0 Å². The van der Waals surface area contributed by atoms with Crippen molar-refractivity contribution in [1.29, 1.82) is 0 Å². The van der Waals surface area contributed by atoms with Crippen LogP contribution in [0.2, 0.25) is 0 Å². The van der Waals surface area contributed by atoms with E-state index in [2.05, 4.69) is 14.1 Å².